The van der Waals surface area contributed by atoms with Crippen molar-refractivity contribution in [3.8, 4) is 0 Å². The number of nitrogens with zero attached hydrogens (tertiary/aromatic N) is 2. The molecule has 0 fully saturated rings. The lowest BCUT2D eigenvalue weighted by molar-refractivity contribution is -0.117. The van der Waals surface area contributed by atoms with Crippen LogP contribution in [0, 0.1) is 6.92 Å². The molecule has 2 atom stereocenters. The summed E-state index contributed by atoms with van der Waals surface area (Å²) in [6.07, 6.45) is 3.21. The zero-order valence-electron chi connectivity index (χ0n) is 19.5. The van der Waals surface area contributed by atoms with Crippen LogP contribution in [0.5, 0.6) is 0 Å². The second kappa shape index (κ2) is 12.2. The van der Waals surface area contributed by atoms with Gasteiger partial charge in [0.05, 0.1) is 19.8 Å². The fourth-order valence-corrected chi connectivity index (χ4v) is 4.75. The minimum atomic E-state index is -0.557. The van der Waals surface area contributed by atoms with Crippen LogP contribution in [0.15, 0.2) is 79.1 Å². The van der Waals surface area contributed by atoms with Crippen LogP contribution in [0.25, 0.3) is 0 Å². The number of anilines is 1. The highest BCUT2D eigenvalue weighted by Gasteiger charge is 2.30. The van der Waals surface area contributed by atoms with Crippen molar-refractivity contribution in [3.63, 3.8) is 0 Å². The van der Waals surface area contributed by atoms with Crippen LogP contribution in [0.4, 0.5) is 5.69 Å². The molecule has 3 aromatic carbocycles. The predicted octanol–water partition coefficient (Wildman–Crippen LogP) is 7.46. The summed E-state index contributed by atoms with van der Waals surface area (Å²) in [5.41, 5.74) is 2.92. The second-order valence-electron chi connectivity index (χ2n) is 8.46. The number of ether oxygens (including phenoxy) is 1. The Morgan fingerprint density at radius 1 is 1.00 bits per heavy atom. The number of carbonyl (C=O) groups excluding carboxylic acids is 1. The molecule has 1 aliphatic heterocycles. The third-order valence-electron chi connectivity index (χ3n) is 5.78. The van der Waals surface area contributed by atoms with Gasteiger partial charge in [0, 0.05) is 33.2 Å². The Hall–Kier alpha value is -2.41. The van der Waals surface area contributed by atoms with E-state index in [9.17, 15) is 4.79 Å². The Bertz CT molecular complexity index is 1240. The number of carbonyl (C=O) groups is 1. The molecule has 188 valence electrons. The van der Waals surface area contributed by atoms with Crippen LogP contribution in [0.3, 0.4) is 0 Å². The summed E-state index contributed by atoms with van der Waals surface area (Å²) >= 11 is 25.4. The second-order valence-corrected chi connectivity index (χ2v) is 10.2. The summed E-state index contributed by atoms with van der Waals surface area (Å²) in [6.45, 7) is 2.83. The maximum atomic E-state index is 12.6. The Morgan fingerprint density at radius 3 is 2.44 bits per heavy atom. The lowest BCUT2D eigenvalue weighted by Crippen LogP contribution is -2.38. The summed E-state index contributed by atoms with van der Waals surface area (Å²) in [5.74, 6) is -0.107. The summed E-state index contributed by atoms with van der Waals surface area (Å²) in [5, 5.41) is 4.66. The van der Waals surface area contributed by atoms with Gasteiger partial charge in [-0.05, 0) is 53.9 Å². The van der Waals surface area contributed by atoms with Gasteiger partial charge in [0.2, 0.25) is 5.91 Å². The topological polar surface area (TPSA) is 44.8 Å². The van der Waals surface area contributed by atoms with E-state index in [2.05, 4.69) is 5.32 Å². The van der Waals surface area contributed by atoms with Gasteiger partial charge in [-0.3, -0.25) is 4.79 Å². The van der Waals surface area contributed by atoms with Crippen molar-refractivity contribution < 1.29 is 9.53 Å². The van der Waals surface area contributed by atoms with E-state index in [1.807, 2.05) is 71.6 Å². The SMILES string of the molecule is Cc1ccccc1NC(=O)CN1C=CN(C(Cl)C(OCc2ccc(Cl)cc2Cl)c2ccc(Cl)cc2)C1. The van der Waals surface area contributed by atoms with E-state index in [0.29, 0.717) is 21.7 Å². The van der Waals surface area contributed by atoms with Gasteiger partial charge in [0.15, 0.2) is 0 Å². The molecule has 1 heterocycles. The van der Waals surface area contributed by atoms with E-state index < -0.39 is 11.6 Å². The van der Waals surface area contributed by atoms with Crippen LogP contribution in [-0.2, 0) is 16.1 Å². The first-order valence-corrected chi connectivity index (χ1v) is 12.9. The molecule has 5 nitrogen and oxygen atoms in total. The third kappa shape index (κ3) is 6.87. The number of nitrogens with one attached hydrogen (secondary N) is 1. The molecule has 2 unspecified atom stereocenters. The number of para-hydroxylation sites is 1. The van der Waals surface area contributed by atoms with Crippen LogP contribution in [-0.4, -0.2) is 34.4 Å². The molecule has 0 saturated carbocycles. The van der Waals surface area contributed by atoms with E-state index in [4.69, 9.17) is 51.1 Å². The Labute approximate surface area is 231 Å². The van der Waals surface area contributed by atoms with Crippen molar-refractivity contribution >= 4 is 58.0 Å². The highest BCUT2D eigenvalue weighted by molar-refractivity contribution is 6.35. The molecular formula is C27H25Cl4N3O2. The number of halogens is 4. The van der Waals surface area contributed by atoms with Crippen LogP contribution in [0.1, 0.15) is 22.8 Å². The number of aryl methyl sites for hydroxylation is 1. The molecule has 3 aromatic rings. The monoisotopic (exact) mass is 563 g/mol. The number of hydrogen-bond donors (Lipinski definition) is 1. The van der Waals surface area contributed by atoms with Gasteiger partial charge in [0.1, 0.15) is 11.6 Å². The quantitative estimate of drug-likeness (QED) is 0.216. The number of amides is 1. The van der Waals surface area contributed by atoms with Gasteiger partial charge >= 0.3 is 0 Å². The minimum Gasteiger partial charge on any atom is -0.365 e. The number of benzene rings is 3. The average molecular weight is 565 g/mol. The van der Waals surface area contributed by atoms with Gasteiger partial charge in [-0.2, -0.15) is 0 Å². The molecule has 1 aliphatic rings. The molecule has 0 aliphatic carbocycles. The molecule has 1 amide bonds. The Morgan fingerprint density at radius 2 is 1.72 bits per heavy atom. The normalized spacial score (nSPS) is 14.7. The van der Waals surface area contributed by atoms with Crippen molar-refractivity contribution in [1.29, 1.82) is 0 Å². The number of hydrogen-bond acceptors (Lipinski definition) is 4. The van der Waals surface area contributed by atoms with Gasteiger partial charge in [-0.25, -0.2) is 0 Å². The first-order chi connectivity index (χ1) is 17.3. The molecular weight excluding hydrogens is 540 g/mol. The first kappa shape index (κ1) is 26.6. The summed E-state index contributed by atoms with van der Waals surface area (Å²) < 4.78 is 6.28. The zero-order chi connectivity index (χ0) is 25.7. The molecule has 9 heteroatoms. The van der Waals surface area contributed by atoms with E-state index >= 15 is 0 Å². The van der Waals surface area contributed by atoms with Gasteiger partial charge in [-0.1, -0.05) is 82.8 Å². The van der Waals surface area contributed by atoms with E-state index in [0.717, 1.165) is 22.4 Å². The first-order valence-electron chi connectivity index (χ1n) is 11.3. The van der Waals surface area contributed by atoms with Crippen molar-refractivity contribution in [3.05, 3.63) is 111 Å². The third-order valence-corrected chi connectivity index (χ3v) is 7.10. The van der Waals surface area contributed by atoms with E-state index in [-0.39, 0.29) is 19.1 Å². The lowest BCUT2D eigenvalue weighted by atomic mass is 10.1. The molecule has 0 aromatic heterocycles. The smallest absolute Gasteiger partial charge is 0.243 e. The van der Waals surface area contributed by atoms with Crippen molar-refractivity contribution in [2.45, 2.75) is 25.1 Å². The van der Waals surface area contributed by atoms with Crippen molar-refractivity contribution in [1.82, 2.24) is 9.80 Å². The molecule has 0 radical (unpaired) electrons. The minimum absolute atomic E-state index is 0.107. The largest absolute Gasteiger partial charge is 0.365 e. The van der Waals surface area contributed by atoms with Crippen LogP contribution in [0.2, 0.25) is 15.1 Å². The lowest BCUT2D eigenvalue weighted by Gasteiger charge is -2.31. The summed E-state index contributed by atoms with van der Waals surface area (Å²) in [4.78, 5) is 16.4. The number of alkyl halides is 1. The maximum absolute atomic E-state index is 12.6. The van der Waals surface area contributed by atoms with E-state index in [1.54, 1.807) is 24.3 Å². The molecule has 0 saturated heterocycles. The van der Waals surface area contributed by atoms with Gasteiger partial charge in [-0.15, -0.1) is 0 Å². The molecule has 0 spiro atoms. The highest BCUT2D eigenvalue weighted by Crippen LogP contribution is 2.33. The molecule has 0 bridgehead atoms. The summed E-state index contributed by atoms with van der Waals surface area (Å²) in [7, 11) is 0. The van der Waals surface area contributed by atoms with E-state index in [1.165, 1.54) is 0 Å². The standard InChI is InChI=1S/C27H25Cl4N3O2/c1-18-4-2-3-5-24(18)32-25(35)15-33-12-13-34(17-33)27(31)26(19-6-9-21(28)10-7-19)36-16-20-8-11-22(29)14-23(20)30/h2-14,26-27H,15-17H2,1H3,(H,32,35). The zero-order valence-corrected chi connectivity index (χ0v) is 22.5. The van der Waals surface area contributed by atoms with Gasteiger partial charge in [0.25, 0.3) is 0 Å². The van der Waals surface area contributed by atoms with Crippen molar-refractivity contribution in [2.75, 3.05) is 18.5 Å². The van der Waals surface area contributed by atoms with Gasteiger partial charge < -0.3 is 19.9 Å². The Balaban J connectivity index is 1.42. The summed E-state index contributed by atoms with van der Waals surface area (Å²) in [6, 6.07) is 20.3. The Kier molecular flexibility index (Phi) is 9.04. The highest BCUT2D eigenvalue weighted by atomic mass is 35.5. The molecule has 1 N–H and O–H groups in total. The van der Waals surface area contributed by atoms with Crippen molar-refractivity contribution in [2.24, 2.45) is 0 Å². The molecule has 36 heavy (non-hydrogen) atoms. The fraction of sp³-hybridized carbons (Fsp3) is 0.222. The fourth-order valence-electron chi connectivity index (χ4n) is 3.81. The van der Waals surface area contributed by atoms with Crippen LogP contribution < -0.4 is 5.32 Å². The molecule has 4 rings (SSSR count). The average Bonchev–Trinajstić information content (AvgIpc) is 3.31. The predicted molar refractivity (Wildman–Crippen MR) is 147 cm³/mol. The number of rotatable bonds is 9. The van der Waals surface area contributed by atoms with Crippen LogP contribution >= 0.6 is 46.4 Å². The maximum Gasteiger partial charge on any atom is 0.243 e.